The van der Waals surface area contributed by atoms with E-state index in [1.807, 2.05) is 0 Å². The molecule has 34 heavy (non-hydrogen) atoms. The van der Waals surface area contributed by atoms with Crippen LogP contribution in [0.15, 0.2) is 24.3 Å². The molecule has 0 amide bonds. The molecule has 0 saturated heterocycles. The Hall–Kier alpha value is -0.950. The minimum atomic E-state index is 0. The zero-order chi connectivity index (χ0) is 22.8. The van der Waals surface area contributed by atoms with Gasteiger partial charge in [-0.2, -0.15) is 33.9 Å². The van der Waals surface area contributed by atoms with Gasteiger partial charge in [0.1, 0.15) is 0 Å². The van der Waals surface area contributed by atoms with E-state index in [9.17, 15) is 0 Å². The maximum Gasteiger partial charge on any atom is 4.00 e. The summed E-state index contributed by atoms with van der Waals surface area (Å²) < 4.78 is 0. The van der Waals surface area contributed by atoms with Gasteiger partial charge in [-0.15, -0.1) is 34.5 Å². The molecular weight excluding hydrogens is 575 g/mol. The zero-order valence-electron chi connectivity index (χ0n) is 24.0. The van der Waals surface area contributed by atoms with Crippen molar-refractivity contribution in [3.05, 3.63) is 83.6 Å². The van der Waals surface area contributed by atoms with E-state index in [1.165, 1.54) is 90.0 Å². The molecule has 1 aliphatic rings. The van der Waals surface area contributed by atoms with E-state index < -0.39 is 0 Å². The summed E-state index contributed by atoms with van der Waals surface area (Å²) in [5.74, 6) is 0. The minimum absolute atomic E-state index is 0. The summed E-state index contributed by atoms with van der Waals surface area (Å²) in [5, 5.41) is 3.00. The molecule has 0 nitrogen and oxygen atoms in total. The van der Waals surface area contributed by atoms with Crippen molar-refractivity contribution < 1.29 is 25.8 Å². The number of rotatable bonds is 6. The maximum atomic E-state index is 2.50. The molecule has 0 aromatic heterocycles. The smallest absolute Gasteiger partial charge is 0.358 e. The fourth-order valence-corrected chi connectivity index (χ4v) is 5.37. The second kappa shape index (κ2) is 14.0. The zero-order valence-corrected chi connectivity index (χ0v) is 27.6. The fourth-order valence-electron chi connectivity index (χ4n) is 5.37. The first-order chi connectivity index (χ1) is 14.6. The van der Waals surface area contributed by atoms with Crippen LogP contribution in [0.25, 0.3) is 10.8 Å². The molecule has 0 N–H and O–H groups in total. The Morgan fingerprint density at radius 2 is 1.35 bits per heavy atom. The molecule has 0 aliphatic heterocycles. The fraction of sp³-hybridized carbons (Fsp3) is 0.515. The Morgan fingerprint density at radius 3 is 1.85 bits per heavy atom. The van der Waals surface area contributed by atoms with Gasteiger partial charge < -0.3 is 14.9 Å². The number of hydrogen-bond donors (Lipinski definition) is 0. The molecule has 0 unspecified atom stereocenters. The van der Waals surface area contributed by atoms with Crippen LogP contribution < -0.4 is 0 Å². The normalized spacial score (nSPS) is 13.3. The Labute approximate surface area is 231 Å². The van der Waals surface area contributed by atoms with Crippen LogP contribution in [0.4, 0.5) is 0 Å². The average molecular weight is 625 g/mol. The maximum absolute atomic E-state index is 2.50. The Balaban J connectivity index is 0.000000721. The predicted octanol–water partition coefficient (Wildman–Crippen LogP) is 10.0. The topological polar surface area (TPSA) is 0 Å². The van der Waals surface area contributed by atoms with Gasteiger partial charge in [-0.25, -0.2) is 0 Å². The van der Waals surface area contributed by atoms with Crippen molar-refractivity contribution in [2.45, 2.75) is 107 Å². The average Bonchev–Trinajstić information content (AvgIpc) is 3.31. The Morgan fingerprint density at radius 1 is 0.824 bits per heavy atom. The van der Waals surface area contributed by atoms with Crippen molar-refractivity contribution in [3.8, 4) is 0 Å². The van der Waals surface area contributed by atoms with Crippen molar-refractivity contribution in [1.29, 1.82) is 0 Å². The van der Waals surface area contributed by atoms with Gasteiger partial charge in [0.25, 0.3) is 0 Å². The third-order valence-corrected chi connectivity index (χ3v) is 7.88. The minimum Gasteiger partial charge on any atom is -0.358 e. The third-order valence-electron chi connectivity index (χ3n) is 7.88. The van der Waals surface area contributed by atoms with Gasteiger partial charge in [0.05, 0.1) is 0 Å². The summed E-state index contributed by atoms with van der Waals surface area (Å²) in [7, 11) is 0. The van der Waals surface area contributed by atoms with Crippen LogP contribution in [0.1, 0.15) is 97.4 Å². The summed E-state index contributed by atoms with van der Waals surface area (Å²) >= 11 is 0. The molecule has 186 valence electrons. The number of aryl methyl sites for hydroxylation is 1. The molecule has 0 radical (unpaired) electrons. The predicted molar refractivity (Wildman–Crippen MR) is 152 cm³/mol. The van der Waals surface area contributed by atoms with E-state index in [4.69, 9.17) is 0 Å². The van der Waals surface area contributed by atoms with Gasteiger partial charge in [0.15, 0.2) is 0 Å². The second-order valence-corrected chi connectivity index (χ2v) is 10.9. The van der Waals surface area contributed by atoms with Crippen LogP contribution in [0.3, 0.4) is 0 Å². The second-order valence-electron chi connectivity index (χ2n) is 10.9. The van der Waals surface area contributed by atoms with Gasteiger partial charge in [0, 0.05) is 0 Å². The Kier molecular flexibility index (Phi) is 13.6. The van der Waals surface area contributed by atoms with Gasteiger partial charge in [-0.3, -0.25) is 0 Å². The molecule has 0 fully saturated rings. The molecular formula is C33H50Hf. The Bertz CT molecular complexity index is 945. The standard InChI is InChI=1S/C21H29.C10H15.2CH3.Hf/c1-4-5-6-7-8-9-16-10-11-17-12-18-14-21(2,3)15-19(18)13-20(16)17;1-6-7(2)9(4)10(5)8(6)3;;;/h10-13H,4-9,14-15H2,1-3H3;1-5H3;2*1H3;/q4*-1;+4. The first-order valence-electron chi connectivity index (χ1n) is 12.5. The quantitative estimate of drug-likeness (QED) is 0.145. The summed E-state index contributed by atoms with van der Waals surface area (Å²) in [6.07, 6.45) is 10.6. The van der Waals surface area contributed by atoms with Crippen molar-refractivity contribution in [3.63, 3.8) is 0 Å². The van der Waals surface area contributed by atoms with E-state index in [0.29, 0.717) is 5.41 Å². The van der Waals surface area contributed by atoms with Crippen LogP contribution in [0, 0.1) is 54.9 Å². The molecule has 3 aromatic rings. The molecule has 0 saturated carbocycles. The summed E-state index contributed by atoms with van der Waals surface area (Å²) in [5.41, 5.74) is 12.6. The monoisotopic (exact) mass is 626 g/mol. The largest absolute Gasteiger partial charge is 4.00 e. The molecule has 0 atom stereocenters. The summed E-state index contributed by atoms with van der Waals surface area (Å²) in [6, 6.07) is 9.66. The third kappa shape index (κ3) is 7.52. The number of unbranched alkanes of at least 4 members (excludes halogenated alkanes) is 4. The molecule has 1 heteroatoms. The van der Waals surface area contributed by atoms with E-state index >= 15 is 0 Å². The van der Waals surface area contributed by atoms with Crippen LogP contribution >= 0.6 is 0 Å². The van der Waals surface area contributed by atoms with E-state index in [2.05, 4.69) is 79.7 Å². The van der Waals surface area contributed by atoms with Crippen LogP contribution in [-0.2, 0) is 45.1 Å². The van der Waals surface area contributed by atoms with E-state index in [1.54, 1.807) is 16.7 Å². The summed E-state index contributed by atoms with van der Waals surface area (Å²) in [6.45, 7) is 18.1. The molecule has 1 aliphatic carbocycles. The van der Waals surface area contributed by atoms with Gasteiger partial charge >= 0.3 is 25.8 Å². The van der Waals surface area contributed by atoms with Crippen LogP contribution in [0.2, 0.25) is 0 Å². The number of hydrogen-bond acceptors (Lipinski definition) is 0. The first kappa shape index (κ1) is 33.1. The summed E-state index contributed by atoms with van der Waals surface area (Å²) in [4.78, 5) is 0. The van der Waals surface area contributed by atoms with E-state index in [-0.39, 0.29) is 40.7 Å². The van der Waals surface area contributed by atoms with Gasteiger partial charge in [-0.1, -0.05) is 105 Å². The van der Waals surface area contributed by atoms with Crippen molar-refractivity contribution in [1.82, 2.24) is 0 Å². The van der Waals surface area contributed by atoms with E-state index in [0.717, 1.165) is 0 Å². The van der Waals surface area contributed by atoms with Gasteiger partial charge in [-0.05, 0) is 18.3 Å². The van der Waals surface area contributed by atoms with Crippen molar-refractivity contribution in [2.24, 2.45) is 5.41 Å². The van der Waals surface area contributed by atoms with Crippen molar-refractivity contribution >= 4 is 10.8 Å². The SMILES string of the molecule is CCCCCCC[c-]1ccc2cc3c(cc21)CC(C)(C)C3.Cc1c(C)c(C)[c-](C)c1C.[CH3-].[CH3-].[Hf+4]. The van der Waals surface area contributed by atoms with Gasteiger partial charge in [0.2, 0.25) is 0 Å². The van der Waals surface area contributed by atoms with Crippen LogP contribution in [0.5, 0.6) is 0 Å². The first-order valence-corrected chi connectivity index (χ1v) is 12.5. The molecule has 0 bridgehead atoms. The van der Waals surface area contributed by atoms with Crippen molar-refractivity contribution in [2.75, 3.05) is 0 Å². The molecule has 0 heterocycles. The number of benzene rings is 1. The number of fused-ring (bicyclic) bond motifs is 2. The molecule has 0 spiro atoms. The molecule has 3 aromatic carbocycles. The molecule has 4 rings (SSSR count). The van der Waals surface area contributed by atoms with Crippen LogP contribution in [-0.4, -0.2) is 0 Å².